The van der Waals surface area contributed by atoms with Crippen LogP contribution in [-0.2, 0) is 6.54 Å². The fourth-order valence-electron chi connectivity index (χ4n) is 1.67. The molecule has 0 aromatic heterocycles. The monoisotopic (exact) mass is 317 g/mol. The van der Waals surface area contributed by atoms with Gasteiger partial charge in [0, 0.05) is 17.8 Å². The molecule has 0 atom stereocenters. The lowest BCUT2D eigenvalue weighted by atomic mass is 10.2. The Labute approximate surface area is 123 Å². The minimum atomic E-state index is -4.71. The van der Waals surface area contributed by atoms with E-state index in [1.165, 1.54) is 24.3 Å². The van der Waals surface area contributed by atoms with Gasteiger partial charge in [0.05, 0.1) is 5.02 Å². The number of aromatic hydroxyl groups is 1. The number of benzene rings is 2. The highest BCUT2D eigenvalue weighted by atomic mass is 35.5. The van der Waals surface area contributed by atoms with Crippen molar-refractivity contribution in [1.29, 1.82) is 0 Å². The fraction of sp³-hybridized carbons (Fsp3) is 0.143. The molecule has 0 radical (unpaired) electrons. The summed E-state index contributed by atoms with van der Waals surface area (Å²) >= 11 is 5.78. The van der Waals surface area contributed by atoms with Crippen molar-refractivity contribution in [1.82, 2.24) is 0 Å². The van der Waals surface area contributed by atoms with Crippen molar-refractivity contribution in [2.45, 2.75) is 12.9 Å². The highest BCUT2D eigenvalue weighted by Crippen LogP contribution is 2.28. The van der Waals surface area contributed by atoms with Crippen LogP contribution in [0.25, 0.3) is 0 Å². The number of rotatable bonds is 4. The molecule has 0 bridgehead atoms. The maximum Gasteiger partial charge on any atom is 0.573 e. The molecule has 0 amide bonds. The Kier molecular flexibility index (Phi) is 4.47. The molecule has 112 valence electrons. The van der Waals surface area contributed by atoms with Gasteiger partial charge in [-0.15, -0.1) is 13.2 Å². The largest absolute Gasteiger partial charge is 0.573 e. The highest BCUT2D eigenvalue weighted by molar-refractivity contribution is 6.32. The lowest BCUT2D eigenvalue weighted by Gasteiger charge is -2.11. The summed E-state index contributed by atoms with van der Waals surface area (Å²) in [5, 5.41) is 12.9. The topological polar surface area (TPSA) is 41.5 Å². The van der Waals surface area contributed by atoms with Crippen molar-refractivity contribution in [2.24, 2.45) is 0 Å². The second kappa shape index (κ2) is 6.13. The smallest absolute Gasteiger partial charge is 0.506 e. The lowest BCUT2D eigenvalue weighted by Crippen LogP contribution is -2.17. The summed E-state index contributed by atoms with van der Waals surface area (Å²) in [5.41, 5.74) is 1.17. The molecule has 0 aliphatic carbocycles. The van der Waals surface area contributed by atoms with Crippen molar-refractivity contribution in [2.75, 3.05) is 5.32 Å². The van der Waals surface area contributed by atoms with Crippen molar-refractivity contribution in [3.05, 3.63) is 53.1 Å². The molecule has 2 N–H and O–H groups in total. The number of hydrogen-bond acceptors (Lipinski definition) is 3. The Bertz CT molecular complexity index is 615. The van der Waals surface area contributed by atoms with Crippen LogP contribution in [0.3, 0.4) is 0 Å². The molecular weight excluding hydrogens is 307 g/mol. The molecule has 7 heteroatoms. The van der Waals surface area contributed by atoms with Crippen molar-refractivity contribution in [3.8, 4) is 11.5 Å². The van der Waals surface area contributed by atoms with Gasteiger partial charge in [-0.05, 0) is 30.3 Å². The second-order valence-electron chi connectivity index (χ2n) is 4.17. The molecule has 0 heterocycles. The van der Waals surface area contributed by atoms with E-state index in [0.717, 1.165) is 0 Å². The molecule has 2 rings (SSSR count). The first kappa shape index (κ1) is 15.3. The Morgan fingerprint density at radius 2 is 1.76 bits per heavy atom. The van der Waals surface area contributed by atoms with Gasteiger partial charge < -0.3 is 15.2 Å². The average molecular weight is 318 g/mol. The molecule has 0 spiro atoms. The average Bonchev–Trinajstić information content (AvgIpc) is 2.40. The van der Waals surface area contributed by atoms with Crippen LogP contribution in [0.2, 0.25) is 5.02 Å². The van der Waals surface area contributed by atoms with Gasteiger partial charge in [0.15, 0.2) is 0 Å². The molecule has 3 nitrogen and oxygen atoms in total. The Hall–Kier alpha value is -2.08. The third kappa shape index (κ3) is 4.46. The number of nitrogens with one attached hydrogen (secondary N) is 1. The van der Waals surface area contributed by atoms with Gasteiger partial charge in [-0.1, -0.05) is 23.7 Å². The van der Waals surface area contributed by atoms with Crippen LogP contribution in [0.15, 0.2) is 42.5 Å². The van der Waals surface area contributed by atoms with E-state index in [9.17, 15) is 18.3 Å². The first-order chi connectivity index (χ1) is 9.85. The van der Waals surface area contributed by atoms with Crippen LogP contribution < -0.4 is 10.1 Å². The first-order valence-electron chi connectivity index (χ1n) is 5.91. The summed E-state index contributed by atoms with van der Waals surface area (Å²) in [6, 6.07) is 10.2. The van der Waals surface area contributed by atoms with Crippen LogP contribution in [0.1, 0.15) is 5.56 Å². The quantitative estimate of drug-likeness (QED) is 0.869. The van der Waals surface area contributed by atoms with Gasteiger partial charge in [-0.2, -0.15) is 0 Å². The number of para-hydroxylation sites is 1. The SMILES string of the molecule is Oc1c(Cl)cccc1CNc1ccc(OC(F)(F)F)cc1. The van der Waals surface area contributed by atoms with Crippen LogP contribution in [0.5, 0.6) is 11.5 Å². The van der Waals surface area contributed by atoms with E-state index < -0.39 is 6.36 Å². The summed E-state index contributed by atoms with van der Waals surface area (Å²) < 4.78 is 39.8. The van der Waals surface area contributed by atoms with Gasteiger partial charge in [0.25, 0.3) is 0 Å². The summed E-state index contributed by atoms with van der Waals surface area (Å²) in [4.78, 5) is 0. The normalized spacial score (nSPS) is 11.2. The summed E-state index contributed by atoms with van der Waals surface area (Å²) in [6.45, 7) is 0.284. The molecule has 2 aromatic carbocycles. The molecule has 0 aliphatic heterocycles. The van der Waals surface area contributed by atoms with E-state index in [2.05, 4.69) is 10.1 Å². The molecule has 0 fully saturated rings. The molecule has 0 saturated carbocycles. The van der Waals surface area contributed by atoms with Crippen LogP contribution in [-0.4, -0.2) is 11.5 Å². The fourth-order valence-corrected chi connectivity index (χ4v) is 1.87. The molecule has 21 heavy (non-hydrogen) atoms. The van der Waals surface area contributed by atoms with Gasteiger partial charge >= 0.3 is 6.36 Å². The number of ether oxygens (including phenoxy) is 1. The van der Waals surface area contributed by atoms with Crippen LogP contribution in [0, 0.1) is 0 Å². The predicted molar refractivity (Wildman–Crippen MR) is 73.6 cm³/mol. The Balaban J connectivity index is 1.99. The number of hydrogen-bond donors (Lipinski definition) is 2. The molecule has 0 aliphatic rings. The molecule has 0 unspecified atom stereocenters. The highest BCUT2D eigenvalue weighted by Gasteiger charge is 2.30. The lowest BCUT2D eigenvalue weighted by molar-refractivity contribution is -0.274. The second-order valence-corrected chi connectivity index (χ2v) is 4.58. The predicted octanol–water partition coefficient (Wildman–Crippen LogP) is 4.56. The van der Waals surface area contributed by atoms with Crippen molar-refractivity contribution < 1.29 is 23.0 Å². The zero-order valence-electron chi connectivity index (χ0n) is 10.6. The maximum atomic E-state index is 12.0. The van der Waals surface area contributed by atoms with Crippen molar-refractivity contribution in [3.63, 3.8) is 0 Å². The van der Waals surface area contributed by atoms with Crippen molar-refractivity contribution >= 4 is 17.3 Å². The van der Waals surface area contributed by atoms with Crippen LogP contribution in [0.4, 0.5) is 18.9 Å². The Morgan fingerprint density at radius 3 is 2.38 bits per heavy atom. The Morgan fingerprint density at radius 1 is 1.10 bits per heavy atom. The van der Waals surface area contributed by atoms with E-state index in [1.807, 2.05) is 0 Å². The van der Waals surface area contributed by atoms with E-state index >= 15 is 0 Å². The minimum absolute atomic E-state index is 0.0244. The first-order valence-corrected chi connectivity index (χ1v) is 6.29. The zero-order chi connectivity index (χ0) is 15.5. The maximum absolute atomic E-state index is 12.0. The van der Waals surface area contributed by atoms with Gasteiger partial charge in [-0.3, -0.25) is 0 Å². The van der Waals surface area contributed by atoms with E-state index in [4.69, 9.17) is 11.6 Å². The van der Waals surface area contributed by atoms with E-state index in [-0.39, 0.29) is 23.1 Å². The standard InChI is InChI=1S/C14H11ClF3NO2/c15-12-3-1-2-9(13(12)20)8-19-10-4-6-11(7-5-10)21-14(16,17)18/h1-7,19-20H,8H2. The summed E-state index contributed by atoms with van der Waals surface area (Å²) in [5.74, 6) is -0.317. The van der Waals surface area contributed by atoms with Crippen LogP contribution >= 0.6 is 11.6 Å². The summed E-state index contributed by atoms with van der Waals surface area (Å²) in [6.07, 6.45) is -4.71. The number of phenols is 1. The zero-order valence-corrected chi connectivity index (χ0v) is 11.4. The number of phenolic OH excluding ortho intramolecular Hbond substituents is 1. The third-order valence-corrected chi connectivity index (χ3v) is 2.95. The number of anilines is 1. The molecule has 0 saturated heterocycles. The van der Waals surface area contributed by atoms with E-state index in [0.29, 0.717) is 11.3 Å². The van der Waals surface area contributed by atoms with Gasteiger partial charge in [0.1, 0.15) is 11.5 Å². The molecular formula is C14H11ClF3NO2. The van der Waals surface area contributed by atoms with E-state index in [1.54, 1.807) is 18.2 Å². The minimum Gasteiger partial charge on any atom is -0.506 e. The summed E-state index contributed by atoms with van der Waals surface area (Å²) in [7, 11) is 0. The van der Waals surface area contributed by atoms with Gasteiger partial charge in [-0.25, -0.2) is 0 Å². The number of alkyl halides is 3. The number of halogens is 4. The molecule has 2 aromatic rings. The third-order valence-electron chi connectivity index (χ3n) is 2.64. The van der Waals surface area contributed by atoms with Gasteiger partial charge in [0.2, 0.25) is 0 Å².